The molecule has 0 amide bonds. The number of anilines is 1. The number of halogens is 2. The van der Waals surface area contributed by atoms with E-state index in [1.807, 2.05) is 18.2 Å². The number of benzene rings is 2. The molecule has 0 radical (unpaired) electrons. The van der Waals surface area contributed by atoms with E-state index in [2.05, 4.69) is 5.10 Å². The second-order valence-corrected chi connectivity index (χ2v) is 5.76. The van der Waals surface area contributed by atoms with Crippen molar-refractivity contribution in [3.8, 4) is 11.3 Å². The zero-order chi connectivity index (χ0) is 17.3. The summed E-state index contributed by atoms with van der Waals surface area (Å²) in [6, 6.07) is 13.3. The van der Waals surface area contributed by atoms with Crippen LogP contribution < -0.4 is 11.5 Å². The van der Waals surface area contributed by atoms with E-state index in [4.69, 9.17) is 28.5 Å². The van der Waals surface area contributed by atoms with Crippen LogP contribution in [0.15, 0.2) is 48.5 Å². The van der Waals surface area contributed by atoms with Gasteiger partial charge in [0.05, 0.1) is 5.69 Å². The Morgan fingerprint density at radius 2 is 1.92 bits per heavy atom. The first-order chi connectivity index (χ1) is 11.5. The first-order valence-corrected chi connectivity index (χ1v) is 7.55. The Morgan fingerprint density at radius 1 is 1.21 bits per heavy atom. The summed E-state index contributed by atoms with van der Waals surface area (Å²) in [5.41, 5.74) is 14.6. The number of nitrogen functional groups attached to an aromatic ring is 2. The van der Waals surface area contributed by atoms with Gasteiger partial charge in [-0.3, -0.25) is 5.41 Å². The van der Waals surface area contributed by atoms with Crippen LogP contribution >= 0.6 is 11.6 Å². The molecule has 0 atom stereocenters. The standard InChI is InChI=1S/C17H15ClFN5/c18-12-3-1-2-10(8-12)9-14-15(11-4-6-13(19)7-5-11)23-24(16(14)20)17(21)22/h1-8H,9,20H2,(H3,21,22). The van der Waals surface area contributed by atoms with Crippen molar-refractivity contribution in [1.29, 1.82) is 5.41 Å². The van der Waals surface area contributed by atoms with Crippen LogP contribution in [-0.4, -0.2) is 15.7 Å². The SMILES string of the molecule is N=C(N)n1nc(-c2ccc(F)cc2)c(Cc2cccc(Cl)c2)c1N. The van der Waals surface area contributed by atoms with Gasteiger partial charge < -0.3 is 11.5 Å². The Hall–Kier alpha value is -2.86. The van der Waals surface area contributed by atoms with E-state index in [0.29, 0.717) is 28.3 Å². The molecule has 0 fully saturated rings. The van der Waals surface area contributed by atoms with E-state index in [1.165, 1.54) is 16.8 Å². The molecule has 7 heteroatoms. The first kappa shape index (κ1) is 16.0. The highest BCUT2D eigenvalue weighted by atomic mass is 35.5. The molecule has 0 saturated carbocycles. The predicted octanol–water partition coefficient (Wildman–Crippen LogP) is 3.26. The van der Waals surface area contributed by atoms with Crippen molar-refractivity contribution in [3.63, 3.8) is 0 Å². The van der Waals surface area contributed by atoms with Gasteiger partial charge in [-0.1, -0.05) is 23.7 Å². The number of aromatic nitrogens is 2. The van der Waals surface area contributed by atoms with Crippen LogP contribution in [0.2, 0.25) is 5.02 Å². The number of nitrogens with zero attached hydrogens (tertiary/aromatic N) is 2. The summed E-state index contributed by atoms with van der Waals surface area (Å²) >= 11 is 6.03. The van der Waals surface area contributed by atoms with Gasteiger partial charge >= 0.3 is 0 Å². The molecule has 1 aromatic heterocycles. The normalized spacial score (nSPS) is 10.8. The zero-order valence-corrected chi connectivity index (χ0v) is 13.4. The van der Waals surface area contributed by atoms with Crippen molar-refractivity contribution in [2.75, 3.05) is 5.73 Å². The van der Waals surface area contributed by atoms with Crippen LogP contribution in [-0.2, 0) is 6.42 Å². The minimum atomic E-state index is -0.339. The van der Waals surface area contributed by atoms with Crippen molar-refractivity contribution in [2.24, 2.45) is 5.73 Å². The maximum atomic E-state index is 13.2. The average molecular weight is 344 g/mol. The zero-order valence-electron chi connectivity index (χ0n) is 12.6. The number of nitrogens with two attached hydrogens (primary N) is 2. The van der Waals surface area contributed by atoms with Crippen LogP contribution in [0.4, 0.5) is 10.2 Å². The third kappa shape index (κ3) is 3.09. The minimum absolute atomic E-state index is 0.279. The van der Waals surface area contributed by atoms with E-state index in [1.54, 1.807) is 18.2 Å². The number of hydrogen-bond donors (Lipinski definition) is 3. The second-order valence-electron chi connectivity index (χ2n) is 5.32. The van der Waals surface area contributed by atoms with Crippen LogP contribution in [0.1, 0.15) is 11.1 Å². The molecule has 0 bridgehead atoms. The Kier molecular flexibility index (Phi) is 4.22. The maximum absolute atomic E-state index is 13.2. The van der Waals surface area contributed by atoms with Crippen molar-refractivity contribution in [2.45, 2.75) is 6.42 Å². The van der Waals surface area contributed by atoms with Gasteiger partial charge in [-0.05, 0) is 42.0 Å². The van der Waals surface area contributed by atoms with E-state index in [0.717, 1.165) is 5.56 Å². The number of nitrogens with one attached hydrogen (secondary N) is 1. The Balaban J connectivity index is 2.12. The fourth-order valence-corrected chi connectivity index (χ4v) is 2.72. The summed E-state index contributed by atoms with van der Waals surface area (Å²) in [6.45, 7) is 0. The van der Waals surface area contributed by atoms with Crippen molar-refractivity contribution in [3.05, 3.63) is 70.5 Å². The molecule has 3 aromatic rings. The molecule has 3 rings (SSSR count). The quantitative estimate of drug-likeness (QED) is 0.503. The molecule has 122 valence electrons. The molecule has 2 aromatic carbocycles. The number of rotatable bonds is 3. The summed E-state index contributed by atoms with van der Waals surface area (Å²) < 4.78 is 14.4. The summed E-state index contributed by atoms with van der Waals surface area (Å²) in [6.07, 6.45) is 0.465. The fraction of sp³-hybridized carbons (Fsp3) is 0.0588. The van der Waals surface area contributed by atoms with Gasteiger partial charge in [-0.15, -0.1) is 0 Å². The molecular formula is C17H15ClFN5. The van der Waals surface area contributed by atoms with Crippen molar-refractivity contribution < 1.29 is 4.39 Å². The third-order valence-electron chi connectivity index (χ3n) is 3.64. The summed E-state index contributed by atoms with van der Waals surface area (Å²) in [5, 5.41) is 12.5. The molecule has 1 heterocycles. The molecular weight excluding hydrogens is 329 g/mol. The molecule has 0 unspecified atom stereocenters. The van der Waals surface area contributed by atoms with E-state index >= 15 is 0 Å². The molecule has 0 spiro atoms. The van der Waals surface area contributed by atoms with Gasteiger partial charge in [-0.25, -0.2) is 4.39 Å². The molecule has 0 aliphatic heterocycles. The lowest BCUT2D eigenvalue weighted by atomic mass is 10.0. The highest BCUT2D eigenvalue weighted by Gasteiger charge is 2.19. The lowest BCUT2D eigenvalue weighted by molar-refractivity contribution is 0.628. The molecule has 0 aliphatic rings. The lowest BCUT2D eigenvalue weighted by Crippen LogP contribution is -2.23. The van der Waals surface area contributed by atoms with Gasteiger partial charge in [-0.2, -0.15) is 9.78 Å². The van der Waals surface area contributed by atoms with Crippen LogP contribution in [0.25, 0.3) is 11.3 Å². The minimum Gasteiger partial charge on any atom is -0.383 e. The largest absolute Gasteiger partial charge is 0.383 e. The average Bonchev–Trinajstić information content (AvgIpc) is 2.86. The van der Waals surface area contributed by atoms with Gasteiger partial charge in [0.2, 0.25) is 5.96 Å². The molecule has 0 saturated heterocycles. The van der Waals surface area contributed by atoms with Crippen molar-refractivity contribution >= 4 is 23.4 Å². The summed E-state index contributed by atoms with van der Waals surface area (Å²) in [4.78, 5) is 0. The second kappa shape index (κ2) is 6.33. The van der Waals surface area contributed by atoms with Crippen molar-refractivity contribution in [1.82, 2.24) is 9.78 Å². The van der Waals surface area contributed by atoms with Gasteiger partial charge in [0.15, 0.2) is 0 Å². The third-order valence-corrected chi connectivity index (χ3v) is 3.87. The van der Waals surface area contributed by atoms with E-state index in [-0.39, 0.29) is 17.6 Å². The van der Waals surface area contributed by atoms with Gasteiger partial charge in [0.1, 0.15) is 11.6 Å². The highest BCUT2D eigenvalue weighted by molar-refractivity contribution is 6.30. The highest BCUT2D eigenvalue weighted by Crippen LogP contribution is 2.30. The molecule has 0 aliphatic carbocycles. The Morgan fingerprint density at radius 3 is 2.54 bits per heavy atom. The van der Waals surface area contributed by atoms with E-state index in [9.17, 15) is 4.39 Å². The van der Waals surface area contributed by atoms with Gasteiger partial charge in [0.25, 0.3) is 0 Å². The van der Waals surface area contributed by atoms with Crippen LogP contribution in [0.3, 0.4) is 0 Å². The summed E-state index contributed by atoms with van der Waals surface area (Å²) in [7, 11) is 0. The predicted molar refractivity (Wildman–Crippen MR) is 93.6 cm³/mol. The van der Waals surface area contributed by atoms with Crippen LogP contribution in [0, 0.1) is 11.2 Å². The summed E-state index contributed by atoms with van der Waals surface area (Å²) in [5.74, 6) is -0.343. The lowest BCUT2D eigenvalue weighted by Gasteiger charge is -2.05. The van der Waals surface area contributed by atoms with Crippen LogP contribution in [0.5, 0.6) is 0 Å². The van der Waals surface area contributed by atoms with Gasteiger partial charge in [0, 0.05) is 22.6 Å². The topological polar surface area (TPSA) is 93.7 Å². The first-order valence-electron chi connectivity index (χ1n) is 7.18. The number of hydrogen-bond acceptors (Lipinski definition) is 3. The molecule has 5 nitrogen and oxygen atoms in total. The Bertz CT molecular complexity index is 902. The maximum Gasteiger partial charge on any atom is 0.215 e. The molecule has 5 N–H and O–H groups in total. The Labute approximate surface area is 143 Å². The van der Waals surface area contributed by atoms with E-state index < -0.39 is 0 Å². The fourth-order valence-electron chi connectivity index (χ4n) is 2.51. The smallest absolute Gasteiger partial charge is 0.215 e. The monoisotopic (exact) mass is 343 g/mol. The molecule has 24 heavy (non-hydrogen) atoms.